The number of pyridine rings is 1. The van der Waals surface area contributed by atoms with Gasteiger partial charge in [-0.25, -0.2) is 9.59 Å². The van der Waals surface area contributed by atoms with Crippen molar-refractivity contribution in [3.63, 3.8) is 0 Å². The Morgan fingerprint density at radius 1 is 0.805 bits per heavy atom. The molecule has 0 fully saturated rings. The van der Waals surface area contributed by atoms with E-state index in [9.17, 15) is 14.4 Å². The fraction of sp³-hybridized carbons (Fsp3) is 0.226. The minimum Gasteiger partial charge on any atom is -0.449 e. The van der Waals surface area contributed by atoms with Gasteiger partial charge in [-0.15, -0.1) is 0 Å². The summed E-state index contributed by atoms with van der Waals surface area (Å²) in [5.74, 6) is -0.248. The molecule has 0 saturated carbocycles. The van der Waals surface area contributed by atoms with E-state index in [-0.39, 0.29) is 25.7 Å². The first-order valence-corrected chi connectivity index (χ1v) is 14.1. The van der Waals surface area contributed by atoms with E-state index in [2.05, 4.69) is 31.5 Å². The van der Waals surface area contributed by atoms with Crippen LogP contribution in [0.3, 0.4) is 0 Å². The van der Waals surface area contributed by atoms with E-state index >= 15 is 0 Å². The maximum Gasteiger partial charge on any atom is 0.411 e. The van der Waals surface area contributed by atoms with Crippen LogP contribution in [-0.4, -0.2) is 49.4 Å². The second kappa shape index (κ2) is 15.4. The number of hydrogen-bond donors (Lipinski definition) is 2. The van der Waals surface area contributed by atoms with Crippen molar-refractivity contribution in [3.8, 4) is 0 Å². The van der Waals surface area contributed by atoms with E-state index in [1.165, 1.54) is 6.20 Å². The van der Waals surface area contributed by atoms with E-state index in [0.717, 1.165) is 17.2 Å². The lowest BCUT2D eigenvalue weighted by molar-refractivity contribution is 0.0972. The lowest BCUT2D eigenvalue weighted by Crippen LogP contribution is -2.36. The second-order valence-electron chi connectivity index (χ2n) is 9.10. The van der Waals surface area contributed by atoms with Gasteiger partial charge in [0.15, 0.2) is 0 Å². The van der Waals surface area contributed by atoms with Crippen molar-refractivity contribution in [1.82, 2.24) is 10.3 Å². The van der Waals surface area contributed by atoms with Gasteiger partial charge in [-0.05, 0) is 64.8 Å². The van der Waals surface area contributed by atoms with Gasteiger partial charge in [0.05, 0.1) is 24.4 Å². The molecule has 0 atom stereocenters. The minimum absolute atomic E-state index is 0.0214. The number of nitrogens with zero attached hydrogens (tertiary/aromatic N) is 2. The van der Waals surface area contributed by atoms with Crippen LogP contribution in [-0.2, 0) is 9.47 Å². The summed E-state index contributed by atoms with van der Waals surface area (Å²) >= 11 is 3.34. The molecule has 0 saturated heterocycles. The minimum atomic E-state index is -0.555. The monoisotopic (exact) mass is 618 g/mol. The fourth-order valence-corrected chi connectivity index (χ4v) is 4.53. The van der Waals surface area contributed by atoms with Crippen LogP contribution in [0.15, 0.2) is 95.7 Å². The normalized spacial score (nSPS) is 10.6. The predicted molar refractivity (Wildman–Crippen MR) is 162 cm³/mol. The molecular formula is C31H31BrN4O5. The summed E-state index contributed by atoms with van der Waals surface area (Å²) in [5, 5.41) is 7.50. The number of hydrogen-bond acceptors (Lipinski definition) is 6. The molecule has 2 N–H and O–H groups in total. The van der Waals surface area contributed by atoms with Crippen LogP contribution < -0.4 is 15.5 Å². The Labute approximate surface area is 247 Å². The summed E-state index contributed by atoms with van der Waals surface area (Å²) in [6.07, 6.45) is 4.18. The third kappa shape index (κ3) is 9.04. The highest BCUT2D eigenvalue weighted by molar-refractivity contribution is 9.10. The number of halogens is 1. The lowest BCUT2D eigenvalue weighted by Gasteiger charge is -2.23. The van der Waals surface area contributed by atoms with Crippen LogP contribution in [0.25, 0.3) is 10.8 Å². The summed E-state index contributed by atoms with van der Waals surface area (Å²) in [6.45, 7) is 0.901. The van der Waals surface area contributed by atoms with Crippen LogP contribution >= 0.6 is 15.9 Å². The van der Waals surface area contributed by atoms with Crippen LogP contribution in [0, 0.1) is 0 Å². The van der Waals surface area contributed by atoms with E-state index in [4.69, 9.17) is 9.47 Å². The number of alkyl carbamates (subject to hydrolysis) is 1. The standard InChI is InChI=1S/C31H31BrN4O5/c32-25-20-24(21-33-22-25)29(37)36(26-12-3-1-4-13-26)17-19-41-30(38)34-16-7-2-8-18-40-31(39)35-28-15-9-11-23-10-5-6-14-27(23)28/h1,3-6,9-15,20-22H,2,7-8,16-19H2,(H,34,38)(H,35,39). The Balaban J connectivity index is 1.11. The predicted octanol–water partition coefficient (Wildman–Crippen LogP) is 6.79. The molecule has 3 amide bonds. The number of carbonyl (C=O) groups excluding carboxylic acids is 3. The molecule has 4 aromatic rings. The average molecular weight is 620 g/mol. The quantitative estimate of drug-likeness (QED) is 0.169. The van der Waals surface area contributed by atoms with Gasteiger partial charge in [0, 0.05) is 34.5 Å². The zero-order chi connectivity index (χ0) is 28.9. The summed E-state index contributed by atoms with van der Waals surface area (Å²) in [4.78, 5) is 43.1. The van der Waals surface area contributed by atoms with Crippen LogP contribution in [0.1, 0.15) is 29.6 Å². The molecule has 9 nitrogen and oxygen atoms in total. The summed E-state index contributed by atoms with van der Waals surface area (Å²) < 4.78 is 11.3. The maximum atomic E-state index is 13.1. The van der Waals surface area contributed by atoms with Gasteiger partial charge in [0.25, 0.3) is 5.91 Å². The average Bonchev–Trinajstić information content (AvgIpc) is 2.99. The molecule has 41 heavy (non-hydrogen) atoms. The van der Waals surface area contributed by atoms with E-state index in [1.807, 2.05) is 72.8 Å². The maximum absolute atomic E-state index is 13.1. The van der Waals surface area contributed by atoms with E-state index in [0.29, 0.717) is 40.8 Å². The molecule has 0 spiro atoms. The molecule has 1 aromatic heterocycles. The first kappa shape index (κ1) is 29.5. The number of aromatic nitrogens is 1. The molecule has 0 unspecified atom stereocenters. The summed E-state index contributed by atoms with van der Waals surface area (Å²) in [7, 11) is 0. The number of ether oxygens (including phenoxy) is 2. The van der Waals surface area contributed by atoms with Gasteiger partial charge in [-0.1, -0.05) is 54.6 Å². The highest BCUT2D eigenvalue weighted by Crippen LogP contribution is 2.23. The third-order valence-corrected chi connectivity index (χ3v) is 6.60. The van der Waals surface area contributed by atoms with Gasteiger partial charge in [0.2, 0.25) is 0 Å². The van der Waals surface area contributed by atoms with Gasteiger partial charge in [-0.2, -0.15) is 0 Å². The molecule has 0 bridgehead atoms. The van der Waals surface area contributed by atoms with Crippen molar-refractivity contribution in [1.29, 1.82) is 0 Å². The largest absolute Gasteiger partial charge is 0.449 e. The van der Waals surface area contributed by atoms with Gasteiger partial charge in [-0.3, -0.25) is 15.1 Å². The number of rotatable bonds is 12. The van der Waals surface area contributed by atoms with Gasteiger partial charge >= 0.3 is 12.2 Å². The van der Waals surface area contributed by atoms with Crippen molar-refractivity contribution < 1.29 is 23.9 Å². The zero-order valence-corrected chi connectivity index (χ0v) is 24.0. The topological polar surface area (TPSA) is 110 Å². The number of nitrogens with one attached hydrogen (secondary N) is 2. The Morgan fingerprint density at radius 2 is 1.56 bits per heavy atom. The molecule has 4 rings (SSSR count). The third-order valence-electron chi connectivity index (χ3n) is 6.16. The van der Waals surface area contributed by atoms with Crippen molar-refractivity contribution >= 4 is 56.2 Å². The first-order valence-electron chi connectivity index (χ1n) is 13.3. The molecule has 0 radical (unpaired) electrons. The number of carbonyl (C=O) groups is 3. The molecule has 212 valence electrons. The number of unbranched alkanes of at least 4 members (excludes halogenated alkanes) is 2. The first-order chi connectivity index (χ1) is 20.0. The number of anilines is 2. The lowest BCUT2D eigenvalue weighted by atomic mass is 10.1. The van der Waals surface area contributed by atoms with Crippen molar-refractivity contribution in [2.75, 3.05) is 36.5 Å². The number of fused-ring (bicyclic) bond motifs is 1. The van der Waals surface area contributed by atoms with Gasteiger partial charge in [0.1, 0.15) is 6.61 Å². The van der Waals surface area contributed by atoms with Gasteiger partial charge < -0.3 is 19.7 Å². The Morgan fingerprint density at radius 3 is 2.39 bits per heavy atom. The molecule has 10 heteroatoms. The molecule has 0 aliphatic rings. The molecule has 3 aromatic carbocycles. The smallest absolute Gasteiger partial charge is 0.411 e. The zero-order valence-electron chi connectivity index (χ0n) is 22.4. The summed E-state index contributed by atoms with van der Waals surface area (Å²) in [6, 6.07) is 24.4. The fourth-order valence-electron chi connectivity index (χ4n) is 4.16. The Kier molecular flexibility index (Phi) is 11.1. The van der Waals surface area contributed by atoms with Crippen molar-refractivity contribution in [3.05, 3.63) is 101 Å². The summed E-state index contributed by atoms with van der Waals surface area (Å²) in [5.41, 5.74) is 1.81. The number of benzene rings is 3. The van der Waals surface area contributed by atoms with Crippen molar-refractivity contribution in [2.24, 2.45) is 0 Å². The Bertz CT molecular complexity index is 1460. The number of amides is 3. The SMILES string of the molecule is O=C(NCCCCCOC(=O)Nc1cccc2ccccc12)OCCN(C(=O)c1cncc(Br)c1)c1ccccc1. The van der Waals surface area contributed by atoms with Crippen LogP contribution in [0.5, 0.6) is 0 Å². The molecule has 0 aliphatic heterocycles. The second-order valence-corrected chi connectivity index (χ2v) is 10.0. The van der Waals surface area contributed by atoms with E-state index in [1.54, 1.807) is 17.2 Å². The number of para-hydroxylation sites is 1. The van der Waals surface area contributed by atoms with E-state index < -0.39 is 12.2 Å². The highest BCUT2D eigenvalue weighted by Gasteiger charge is 2.19. The molecule has 1 heterocycles. The highest BCUT2D eigenvalue weighted by atomic mass is 79.9. The molecular weight excluding hydrogens is 588 g/mol. The molecule has 0 aliphatic carbocycles. The van der Waals surface area contributed by atoms with Crippen LogP contribution in [0.2, 0.25) is 0 Å². The van der Waals surface area contributed by atoms with Crippen molar-refractivity contribution in [2.45, 2.75) is 19.3 Å². The Hall–Kier alpha value is -4.44. The van der Waals surface area contributed by atoms with Crippen LogP contribution in [0.4, 0.5) is 21.0 Å².